The van der Waals surface area contributed by atoms with E-state index in [4.69, 9.17) is 0 Å². The first-order chi connectivity index (χ1) is 7.18. The second-order valence-electron chi connectivity index (χ2n) is 4.39. The van der Waals surface area contributed by atoms with Crippen LogP contribution in [0, 0.1) is 0 Å². The molecule has 0 radical (unpaired) electrons. The Bertz CT molecular complexity index is 389. The van der Waals surface area contributed by atoms with Crippen LogP contribution in [0.3, 0.4) is 0 Å². The molecule has 1 atom stereocenters. The Morgan fingerprint density at radius 1 is 1.20 bits per heavy atom. The number of benzene rings is 1. The molecule has 1 heteroatoms. The lowest BCUT2D eigenvalue weighted by Gasteiger charge is -2.30. The van der Waals surface area contributed by atoms with Gasteiger partial charge in [-0.1, -0.05) is 42.0 Å². The molecule has 15 heavy (non-hydrogen) atoms. The predicted molar refractivity (Wildman–Crippen MR) is 66.0 cm³/mol. The Morgan fingerprint density at radius 3 is 2.53 bits per heavy atom. The lowest BCUT2D eigenvalue weighted by molar-refractivity contribution is 0.637. The number of para-hydroxylation sites is 1. The standard InChI is InChI=1S/C14H17N/c1-12-8-10-14(2,11-9-12)15-13-6-4-3-5-7-13/h3-10,15H,11H2,1-2H3. The molecule has 1 aromatic carbocycles. The third-order valence-corrected chi connectivity index (χ3v) is 2.77. The Hall–Kier alpha value is -1.50. The van der Waals surface area contributed by atoms with Gasteiger partial charge in [-0.2, -0.15) is 0 Å². The van der Waals surface area contributed by atoms with Gasteiger partial charge in [-0.05, 0) is 32.4 Å². The third kappa shape index (κ3) is 2.50. The quantitative estimate of drug-likeness (QED) is 0.764. The van der Waals surface area contributed by atoms with E-state index in [2.05, 4.69) is 61.7 Å². The molecule has 1 N–H and O–H groups in total. The van der Waals surface area contributed by atoms with Gasteiger partial charge in [0.05, 0.1) is 5.54 Å². The topological polar surface area (TPSA) is 12.0 Å². The summed E-state index contributed by atoms with van der Waals surface area (Å²) >= 11 is 0. The van der Waals surface area contributed by atoms with E-state index < -0.39 is 0 Å². The van der Waals surface area contributed by atoms with Crippen molar-refractivity contribution in [3.63, 3.8) is 0 Å². The average Bonchev–Trinajstić information content (AvgIpc) is 2.24. The van der Waals surface area contributed by atoms with E-state index in [1.54, 1.807) is 0 Å². The van der Waals surface area contributed by atoms with Crippen LogP contribution < -0.4 is 5.32 Å². The first-order valence-electron chi connectivity index (χ1n) is 5.37. The van der Waals surface area contributed by atoms with Gasteiger partial charge in [0, 0.05) is 5.69 Å². The summed E-state index contributed by atoms with van der Waals surface area (Å²) in [5.41, 5.74) is 2.58. The molecule has 0 bridgehead atoms. The molecule has 1 unspecified atom stereocenters. The molecule has 0 aliphatic heterocycles. The molecule has 2 rings (SSSR count). The van der Waals surface area contributed by atoms with Crippen molar-refractivity contribution in [3.8, 4) is 0 Å². The number of nitrogens with one attached hydrogen (secondary N) is 1. The Balaban J connectivity index is 2.10. The minimum Gasteiger partial charge on any atom is -0.376 e. The van der Waals surface area contributed by atoms with E-state index >= 15 is 0 Å². The van der Waals surface area contributed by atoms with Crippen LogP contribution in [-0.2, 0) is 0 Å². The van der Waals surface area contributed by atoms with Gasteiger partial charge in [-0.3, -0.25) is 0 Å². The maximum absolute atomic E-state index is 3.55. The Kier molecular flexibility index (Phi) is 2.63. The molecule has 0 fully saturated rings. The van der Waals surface area contributed by atoms with Crippen LogP contribution in [0.4, 0.5) is 5.69 Å². The van der Waals surface area contributed by atoms with Gasteiger partial charge in [-0.25, -0.2) is 0 Å². The van der Waals surface area contributed by atoms with Crippen LogP contribution in [0.25, 0.3) is 0 Å². The van der Waals surface area contributed by atoms with Gasteiger partial charge >= 0.3 is 0 Å². The minimum absolute atomic E-state index is 0.0564. The normalized spacial score (nSPS) is 24.8. The summed E-state index contributed by atoms with van der Waals surface area (Å²) < 4.78 is 0. The molecule has 0 saturated heterocycles. The smallest absolute Gasteiger partial charge is 0.0565 e. The summed E-state index contributed by atoms with van der Waals surface area (Å²) in [7, 11) is 0. The molecular weight excluding hydrogens is 182 g/mol. The molecule has 0 heterocycles. The van der Waals surface area contributed by atoms with Gasteiger partial charge in [0.25, 0.3) is 0 Å². The van der Waals surface area contributed by atoms with Crippen LogP contribution >= 0.6 is 0 Å². The summed E-state index contributed by atoms with van der Waals surface area (Å²) in [5, 5.41) is 3.55. The van der Waals surface area contributed by atoms with E-state index in [1.165, 1.54) is 11.3 Å². The number of rotatable bonds is 2. The summed E-state index contributed by atoms with van der Waals surface area (Å²) in [6.07, 6.45) is 7.74. The maximum Gasteiger partial charge on any atom is 0.0565 e. The fraction of sp³-hybridized carbons (Fsp3) is 0.286. The molecule has 1 nitrogen and oxygen atoms in total. The highest BCUT2D eigenvalue weighted by Crippen LogP contribution is 2.24. The van der Waals surface area contributed by atoms with Gasteiger partial charge in [0.1, 0.15) is 0 Å². The SMILES string of the molecule is CC1=CCC(C)(Nc2ccccc2)C=C1. The van der Waals surface area contributed by atoms with E-state index in [-0.39, 0.29) is 5.54 Å². The van der Waals surface area contributed by atoms with Gasteiger partial charge in [0.15, 0.2) is 0 Å². The fourth-order valence-electron chi connectivity index (χ4n) is 1.77. The highest BCUT2D eigenvalue weighted by atomic mass is 15.0. The maximum atomic E-state index is 3.55. The molecule has 0 saturated carbocycles. The van der Waals surface area contributed by atoms with Crippen LogP contribution in [0.15, 0.2) is 54.1 Å². The zero-order valence-corrected chi connectivity index (χ0v) is 9.33. The number of hydrogen-bond acceptors (Lipinski definition) is 1. The summed E-state index contributed by atoms with van der Waals surface area (Å²) in [5.74, 6) is 0. The van der Waals surface area contributed by atoms with E-state index in [0.29, 0.717) is 0 Å². The Morgan fingerprint density at radius 2 is 1.93 bits per heavy atom. The molecule has 78 valence electrons. The van der Waals surface area contributed by atoms with E-state index in [1.807, 2.05) is 6.07 Å². The van der Waals surface area contributed by atoms with Crippen molar-refractivity contribution < 1.29 is 0 Å². The predicted octanol–water partition coefficient (Wildman–Crippen LogP) is 3.76. The van der Waals surface area contributed by atoms with Gasteiger partial charge < -0.3 is 5.32 Å². The van der Waals surface area contributed by atoms with Crippen LogP contribution in [-0.4, -0.2) is 5.54 Å². The highest BCUT2D eigenvalue weighted by molar-refractivity contribution is 5.48. The molecule has 1 aromatic rings. The highest BCUT2D eigenvalue weighted by Gasteiger charge is 2.20. The van der Waals surface area contributed by atoms with Gasteiger partial charge in [0.2, 0.25) is 0 Å². The van der Waals surface area contributed by atoms with E-state index in [0.717, 1.165) is 6.42 Å². The lowest BCUT2D eigenvalue weighted by Crippen LogP contribution is -2.32. The number of anilines is 1. The molecule has 0 aromatic heterocycles. The largest absolute Gasteiger partial charge is 0.376 e. The number of allylic oxidation sites excluding steroid dienone is 2. The molecule has 1 aliphatic carbocycles. The lowest BCUT2D eigenvalue weighted by atomic mass is 9.90. The molecular formula is C14H17N. The van der Waals surface area contributed by atoms with Crippen molar-refractivity contribution in [2.24, 2.45) is 0 Å². The van der Waals surface area contributed by atoms with E-state index in [9.17, 15) is 0 Å². The zero-order chi connectivity index (χ0) is 10.7. The molecule has 0 spiro atoms. The summed E-state index contributed by atoms with van der Waals surface area (Å²) in [4.78, 5) is 0. The molecule has 0 amide bonds. The Labute approximate surface area is 91.5 Å². The van der Waals surface area contributed by atoms with Crippen LogP contribution in [0.1, 0.15) is 20.3 Å². The summed E-state index contributed by atoms with van der Waals surface area (Å²) in [6.45, 7) is 4.36. The number of hydrogen-bond donors (Lipinski definition) is 1. The summed E-state index contributed by atoms with van der Waals surface area (Å²) in [6, 6.07) is 10.3. The van der Waals surface area contributed by atoms with Crippen molar-refractivity contribution >= 4 is 5.69 Å². The second-order valence-corrected chi connectivity index (χ2v) is 4.39. The van der Waals surface area contributed by atoms with Gasteiger partial charge in [-0.15, -0.1) is 0 Å². The van der Waals surface area contributed by atoms with Crippen molar-refractivity contribution in [1.29, 1.82) is 0 Å². The third-order valence-electron chi connectivity index (χ3n) is 2.77. The van der Waals surface area contributed by atoms with Crippen LogP contribution in [0.2, 0.25) is 0 Å². The van der Waals surface area contributed by atoms with Crippen molar-refractivity contribution in [3.05, 3.63) is 54.1 Å². The van der Waals surface area contributed by atoms with Crippen LogP contribution in [0.5, 0.6) is 0 Å². The molecule has 1 aliphatic rings. The fourth-order valence-corrected chi connectivity index (χ4v) is 1.77. The first-order valence-corrected chi connectivity index (χ1v) is 5.37. The van der Waals surface area contributed by atoms with Crippen molar-refractivity contribution in [2.75, 3.05) is 5.32 Å². The monoisotopic (exact) mass is 199 g/mol. The first kappa shape index (κ1) is 10.0. The second kappa shape index (κ2) is 3.93. The minimum atomic E-state index is 0.0564. The zero-order valence-electron chi connectivity index (χ0n) is 9.33. The van der Waals surface area contributed by atoms with Crippen molar-refractivity contribution in [1.82, 2.24) is 0 Å². The average molecular weight is 199 g/mol. The van der Waals surface area contributed by atoms with Crippen molar-refractivity contribution in [2.45, 2.75) is 25.8 Å².